The monoisotopic (exact) mass is 209 g/mol. The molecule has 1 aliphatic rings. The second-order valence-electron chi connectivity index (χ2n) is 3.88. The summed E-state index contributed by atoms with van der Waals surface area (Å²) < 4.78 is 4.63. The maximum Gasteiger partial charge on any atom is 0.224 e. The largest absolute Gasteiger partial charge is 0.363 e. The standard InChI is InChI=1S/C10H15N3O2/c14-10(13-9-6-12-15-7-9)4-8-2-1-3-11-5-8/h6-8,11H,1-5H2,(H,13,14). The van der Waals surface area contributed by atoms with Gasteiger partial charge in [0, 0.05) is 6.42 Å². The van der Waals surface area contributed by atoms with E-state index in [1.54, 1.807) is 0 Å². The van der Waals surface area contributed by atoms with E-state index in [-0.39, 0.29) is 5.91 Å². The van der Waals surface area contributed by atoms with Gasteiger partial charge < -0.3 is 15.2 Å². The van der Waals surface area contributed by atoms with Crippen molar-refractivity contribution in [3.8, 4) is 0 Å². The molecule has 0 saturated carbocycles. The Balaban J connectivity index is 1.76. The van der Waals surface area contributed by atoms with E-state index in [0.717, 1.165) is 25.9 Å². The molecule has 2 rings (SSSR count). The summed E-state index contributed by atoms with van der Waals surface area (Å²) in [4.78, 5) is 11.6. The Bertz CT molecular complexity index is 304. The molecular formula is C10H15N3O2. The molecular weight excluding hydrogens is 194 g/mol. The van der Waals surface area contributed by atoms with E-state index in [2.05, 4.69) is 20.3 Å². The number of nitrogens with zero attached hydrogens (tertiary/aromatic N) is 1. The molecule has 1 aromatic heterocycles. The summed E-state index contributed by atoms with van der Waals surface area (Å²) >= 11 is 0. The van der Waals surface area contributed by atoms with Gasteiger partial charge in [0.25, 0.3) is 0 Å². The number of nitrogens with one attached hydrogen (secondary N) is 2. The zero-order valence-electron chi connectivity index (χ0n) is 8.53. The molecule has 1 atom stereocenters. The van der Waals surface area contributed by atoms with Crippen molar-refractivity contribution >= 4 is 11.6 Å². The molecule has 2 N–H and O–H groups in total. The highest BCUT2D eigenvalue weighted by Crippen LogP contribution is 2.15. The Kier molecular flexibility index (Phi) is 3.34. The molecule has 1 unspecified atom stereocenters. The minimum absolute atomic E-state index is 0.0342. The van der Waals surface area contributed by atoms with Crippen molar-refractivity contribution in [3.63, 3.8) is 0 Å². The van der Waals surface area contributed by atoms with Gasteiger partial charge in [-0.05, 0) is 31.8 Å². The fraction of sp³-hybridized carbons (Fsp3) is 0.600. The minimum Gasteiger partial charge on any atom is -0.363 e. The van der Waals surface area contributed by atoms with Gasteiger partial charge in [0.2, 0.25) is 5.91 Å². The van der Waals surface area contributed by atoms with E-state index >= 15 is 0 Å². The van der Waals surface area contributed by atoms with Gasteiger partial charge in [-0.1, -0.05) is 5.16 Å². The summed E-state index contributed by atoms with van der Waals surface area (Å²) in [6.07, 6.45) is 5.78. The minimum atomic E-state index is 0.0342. The van der Waals surface area contributed by atoms with Crippen molar-refractivity contribution in [1.82, 2.24) is 10.5 Å². The van der Waals surface area contributed by atoms with Crippen molar-refractivity contribution in [2.75, 3.05) is 18.4 Å². The van der Waals surface area contributed by atoms with Gasteiger partial charge in [0.15, 0.2) is 0 Å². The lowest BCUT2D eigenvalue weighted by molar-refractivity contribution is -0.117. The van der Waals surface area contributed by atoms with Crippen molar-refractivity contribution in [1.29, 1.82) is 0 Å². The summed E-state index contributed by atoms with van der Waals surface area (Å²) in [5.74, 6) is 0.491. The number of hydrogen-bond donors (Lipinski definition) is 2. The Morgan fingerprint density at radius 3 is 3.33 bits per heavy atom. The molecule has 1 fully saturated rings. The van der Waals surface area contributed by atoms with Crippen LogP contribution in [-0.4, -0.2) is 24.2 Å². The van der Waals surface area contributed by atoms with Crippen LogP contribution < -0.4 is 10.6 Å². The Labute approximate surface area is 88.2 Å². The third-order valence-corrected chi connectivity index (χ3v) is 2.59. The van der Waals surface area contributed by atoms with Gasteiger partial charge in [-0.25, -0.2) is 0 Å². The number of anilines is 1. The number of amides is 1. The first-order chi connectivity index (χ1) is 7.34. The average Bonchev–Trinajstić information content (AvgIpc) is 2.71. The van der Waals surface area contributed by atoms with Crippen molar-refractivity contribution in [2.45, 2.75) is 19.3 Å². The van der Waals surface area contributed by atoms with E-state index in [0.29, 0.717) is 18.0 Å². The predicted octanol–water partition coefficient (Wildman–Crippen LogP) is 1.00. The van der Waals surface area contributed by atoms with Crippen molar-refractivity contribution in [2.24, 2.45) is 5.92 Å². The average molecular weight is 209 g/mol. The summed E-state index contributed by atoms with van der Waals surface area (Å²) in [5.41, 5.74) is 0.628. The third-order valence-electron chi connectivity index (χ3n) is 2.59. The van der Waals surface area contributed by atoms with E-state index in [4.69, 9.17) is 0 Å². The highest BCUT2D eigenvalue weighted by molar-refractivity contribution is 5.90. The quantitative estimate of drug-likeness (QED) is 0.779. The van der Waals surface area contributed by atoms with E-state index in [1.165, 1.54) is 12.5 Å². The van der Waals surface area contributed by atoms with E-state index < -0.39 is 0 Å². The SMILES string of the molecule is O=C(CC1CCCNC1)Nc1cnoc1. The fourth-order valence-electron chi connectivity index (χ4n) is 1.84. The van der Waals surface area contributed by atoms with Crippen LogP contribution in [0, 0.1) is 5.92 Å². The summed E-state index contributed by atoms with van der Waals surface area (Å²) in [6.45, 7) is 2.01. The van der Waals surface area contributed by atoms with Crippen LogP contribution in [0.2, 0.25) is 0 Å². The smallest absolute Gasteiger partial charge is 0.224 e. The number of hydrogen-bond acceptors (Lipinski definition) is 4. The van der Waals surface area contributed by atoms with Crippen molar-refractivity contribution in [3.05, 3.63) is 12.5 Å². The number of carbonyl (C=O) groups excluding carboxylic acids is 1. The molecule has 82 valence electrons. The number of aromatic nitrogens is 1. The molecule has 1 saturated heterocycles. The Hall–Kier alpha value is -1.36. The van der Waals surface area contributed by atoms with E-state index in [9.17, 15) is 4.79 Å². The second kappa shape index (κ2) is 4.93. The van der Waals surface area contributed by atoms with Crippen LogP contribution in [0.4, 0.5) is 5.69 Å². The first kappa shape index (κ1) is 10.2. The molecule has 0 bridgehead atoms. The van der Waals surface area contributed by atoms with Crippen LogP contribution in [0.3, 0.4) is 0 Å². The van der Waals surface area contributed by atoms with Crippen molar-refractivity contribution < 1.29 is 9.32 Å². The molecule has 5 heteroatoms. The van der Waals surface area contributed by atoms with Gasteiger partial charge in [-0.2, -0.15) is 0 Å². The third kappa shape index (κ3) is 3.06. The molecule has 15 heavy (non-hydrogen) atoms. The van der Waals surface area contributed by atoms with Gasteiger partial charge >= 0.3 is 0 Å². The lowest BCUT2D eigenvalue weighted by atomic mass is 9.96. The van der Waals surface area contributed by atoms with Crippen LogP contribution in [0.15, 0.2) is 17.0 Å². The molecule has 0 spiro atoms. The molecule has 0 aliphatic carbocycles. The topological polar surface area (TPSA) is 67.2 Å². The fourth-order valence-corrected chi connectivity index (χ4v) is 1.84. The molecule has 1 aromatic rings. The zero-order valence-corrected chi connectivity index (χ0v) is 8.53. The van der Waals surface area contributed by atoms with Crippen LogP contribution in [0.1, 0.15) is 19.3 Å². The molecule has 1 aliphatic heterocycles. The Morgan fingerprint density at radius 2 is 2.67 bits per heavy atom. The highest BCUT2D eigenvalue weighted by Gasteiger charge is 2.16. The molecule has 2 heterocycles. The van der Waals surface area contributed by atoms with E-state index in [1.807, 2.05) is 0 Å². The van der Waals surface area contributed by atoms with Gasteiger partial charge in [0.05, 0.1) is 6.20 Å². The Morgan fingerprint density at radius 1 is 1.73 bits per heavy atom. The summed E-state index contributed by atoms with van der Waals surface area (Å²) in [6, 6.07) is 0. The summed E-state index contributed by atoms with van der Waals surface area (Å²) in [7, 11) is 0. The normalized spacial score (nSPS) is 21.2. The van der Waals surface area contributed by atoms with Crippen LogP contribution >= 0.6 is 0 Å². The maximum atomic E-state index is 11.6. The maximum absolute atomic E-state index is 11.6. The lowest BCUT2D eigenvalue weighted by Gasteiger charge is -2.21. The number of rotatable bonds is 3. The predicted molar refractivity (Wildman–Crippen MR) is 55.3 cm³/mol. The molecule has 5 nitrogen and oxygen atoms in total. The van der Waals surface area contributed by atoms with Crippen LogP contribution in [0.5, 0.6) is 0 Å². The first-order valence-corrected chi connectivity index (χ1v) is 5.24. The molecule has 0 aromatic carbocycles. The van der Waals surface area contributed by atoms with Gasteiger partial charge in [0.1, 0.15) is 12.0 Å². The second-order valence-corrected chi connectivity index (χ2v) is 3.88. The lowest BCUT2D eigenvalue weighted by Crippen LogP contribution is -2.32. The number of piperidine rings is 1. The van der Waals surface area contributed by atoms with Gasteiger partial charge in [-0.15, -0.1) is 0 Å². The zero-order chi connectivity index (χ0) is 10.5. The van der Waals surface area contributed by atoms with Crippen LogP contribution in [-0.2, 0) is 4.79 Å². The molecule has 1 amide bonds. The van der Waals surface area contributed by atoms with Crippen LogP contribution in [0.25, 0.3) is 0 Å². The van der Waals surface area contributed by atoms with Gasteiger partial charge in [-0.3, -0.25) is 4.79 Å². The highest BCUT2D eigenvalue weighted by atomic mass is 16.5. The first-order valence-electron chi connectivity index (χ1n) is 5.24. The summed E-state index contributed by atoms with van der Waals surface area (Å²) in [5, 5.41) is 9.55. The number of carbonyl (C=O) groups is 1. The molecule has 0 radical (unpaired) electrons.